The highest BCUT2D eigenvalue weighted by Crippen LogP contribution is 2.25. The van der Waals surface area contributed by atoms with Gasteiger partial charge in [0, 0.05) is 24.1 Å². The summed E-state index contributed by atoms with van der Waals surface area (Å²) in [4.78, 5) is 49.9. The number of carboxylic acid groups (broad SMARTS) is 1. The average Bonchev–Trinajstić information content (AvgIpc) is 3.43. The van der Waals surface area contributed by atoms with Crippen molar-refractivity contribution >= 4 is 47.3 Å². The number of carbonyl (C=O) groups is 4. The van der Waals surface area contributed by atoms with Gasteiger partial charge in [0.2, 0.25) is 5.91 Å². The largest absolute Gasteiger partial charge is 0.513 e. The minimum absolute atomic E-state index is 0.0340. The maximum atomic E-state index is 13.2. The third-order valence-electron chi connectivity index (χ3n) is 6.98. The molecule has 4 rings (SSSR count). The van der Waals surface area contributed by atoms with Crippen molar-refractivity contribution in [3.05, 3.63) is 89.6 Å². The predicted octanol–water partition coefficient (Wildman–Crippen LogP) is 6.12. The van der Waals surface area contributed by atoms with Gasteiger partial charge in [-0.1, -0.05) is 42.5 Å². The van der Waals surface area contributed by atoms with E-state index in [0.717, 1.165) is 15.7 Å². The Hall–Kier alpha value is -5.98. The highest BCUT2D eigenvalue weighted by Gasteiger charge is 2.26. The van der Waals surface area contributed by atoms with Crippen LogP contribution in [0.15, 0.2) is 72.9 Å². The Balaban J connectivity index is 1.31. The van der Waals surface area contributed by atoms with Crippen LogP contribution >= 0.6 is 0 Å². The van der Waals surface area contributed by atoms with Gasteiger partial charge < -0.3 is 39.4 Å². The molecule has 0 spiro atoms. The van der Waals surface area contributed by atoms with Crippen LogP contribution in [0.1, 0.15) is 37.5 Å². The molecule has 0 fully saturated rings. The Kier molecular flexibility index (Phi) is 11.9. The van der Waals surface area contributed by atoms with Gasteiger partial charge in [0.25, 0.3) is 0 Å². The van der Waals surface area contributed by atoms with Crippen molar-refractivity contribution in [2.45, 2.75) is 38.8 Å². The van der Waals surface area contributed by atoms with Gasteiger partial charge in [-0.05, 0) is 67.8 Å². The van der Waals surface area contributed by atoms with Gasteiger partial charge in [0.1, 0.15) is 35.5 Å². The molecular weight excluding hydrogens is 634 g/mol. The van der Waals surface area contributed by atoms with Gasteiger partial charge in [0.15, 0.2) is 0 Å². The summed E-state index contributed by atoms with van der Waals surface area (Å²) in [5.74, 6) is 1.00. The fourth-order valence-corrected chi connectivity index (χ4v) is 4.77. The number of amides is 2. The first-order valence-corrected chi connectivity index (χ1v) is 15.3. The number of alkyl carbamates (subject to hydrolysis) is 1. The molecule has 1 atom stereocenters. The van der Waals surface area contributed by atoms with E-state index in [-0.39, 0.29) is 25.3 Å². The summed E-state index contributed by atoms with van der Waals surface area (Å²) in [6.45, 7) is 4.76. The van der Waals surface area contributed by atoms with E-state index in [2.05, 4.69) is 10.6 Å². The van der Waals surface area contributed by atoms with Crippen molar-refractivity contribution < 1.29 is 48.0 Å². The number of carbonyl (C=O) groups excluding carboxylic acids is 3. The molecule has 0 saturated carbocycles. The number of fused-ring (bicyclic) bond motifs is 1. The molecule has 13 nitrogen and oxygen atoms in total. The molecule has 2 amide bonds. The van der Waals surface area contributed by atoms with Gasteiger partial charge in [-0.25, -0.2) is 14.4 Å². The molecule has 0 radical (unpaired) electrons. The lowest BCUT2D eigenvalue weighted by Crippen LogP contribution is -2.50. The van der Waals surface area contributed by atoms with Crippen LogP contribution in [-0.2, 0) is 20.7 Å². The molecule has 49 heavy (non-hydrogen) atoms. The van der Waals surface area contributed by atoms with Crippen LogP contribution in [-0.4, -0.2) is 72.9 Å². The van der Waals surface area contributed by atoms with Crippen molar-refractivity contribution in [1.82, 2.24) is 15.2 Å². The number of rotatable bonds is 12. The summed E-state index contributed by atoms with van der Waals surface area (Å²) < 4.78 is 27.3. The quantitative estimate of drug-likeness (QED) is 0.0691. The van der Waals surface area contributed by atoms with E-state index < -0.39 is 35.9 Å². The number of hydrogen-bond donors (Lipinski definition) is 3. The van der Waals surface area contributed by atoms with Crippen LogP contribution in [0.5, 0.6) is 17.2 Å². The molecule has 3 N–H and O–H groups in total. The number of nitrogens with one attached hydrogen (secondary N) is 2. The van der Waals surface area contributed by atoms with Crippen molar-refractivity contribution in [3.8, 4) is 17.2 Å². The van der Waals surface area contributed by atoms with Crippen molar-refractivity contribution in [3.63, 3.8) is 0 Å². The highest BCUT2D eigenvalue weighted by molar-refractivity contribution is 5.93. The van der Waals surface area contributed by atoms with E-state index in [1.54, 1.807) is 89.6 Å². The standard InChI is InChI=1S/C36H39N3O10/c1-36(2,3)49-33(41)38-30(20-25-22-39(34(42)43)31-9-7-6-8-29(25)31)32(40)37-16-17-47-35(44)48-26-14-12-23(13-15-26)10-11-24-18-27(45-4)21-28(19-24)46-5/h6-15,18-19,21-22,30H,16-17,20H2,1-5H3,(H,37,40)(H,38,41)(H,42,43)/b11-10+. The molecule has 0 aliphatic rings. The lowest BCUT2D eigenvalue weighted by atomic mass is 10.0. The van der Waals surface area contributed by atoms with E-state index in [9.17, 15) is 24.3 Å². The van der Waals surface area contributed by atoms with Crippen molar-refractivity contribution in [1.29, 1.82) is 0 Å². The summed E-state index contributed by atoms with van der Waals surface area (Å²) in [5, 5.41) is 15.4. The minimum Gasteiger partial charge on any atom is -0.497 e. The Morgan fingerprint density at radius 2 is 1.53 bits per heavy atom. The van der Waals surface area contributed by atoms with Crippen LogP contribution in [0.3, 0.4) is 0 Å². The van der Waals surface area contributed by atoms with Crippen LogP contribution in [0.4, 0.5) is 14.4 Å². The van der Waals surface area contributed by atoms with E-state index in [0.29, 0.717) is 28.0 Å². The minimum atomic E-state index is -1.19. The molecule has 1 unspecified atom stereocenters. The second kappa shape index (κ2) is 16.2. The number of aromatic nitrogens is 1. The van der Waals surface area contributed by atoms with E-state index in [1.165, 1.54) is 6.20 Å². The van der Waals surface area contributed by atoms with Gasteiger partial charge in [0.05, 0.1) is 26.3 Å². The number of hydrogen-bond acceptors (Lipinski definition) is 9. The van der Waals surface area contributed by atoms with Crippen molar-refractivity contribution in [2.24, 2.45) is 0 Å². The fourth-order valence-electron chi connectivity index (χ4n) is 4.77. The number of nitrogens with zero attached hydrogens (tertiary/aromatic N) is 1. The monoisotopic (exact) mass is 673 g/mol. The SMILES string of the molecule is COc1cc(/C=C/c2ccc(OC(=O)OCCNC(=O)C(Cc3cn(C(=O)O)c4ccccc34)NC(=O)OC(C)(C)C)cc2)cc(OC)c1. The Morgan fingerprint density at radius 3 is 2.16 bits per heavy atom. The highest BCUT2D eigenvalue weighted by atomic mass is 16.7. The number of benzene rings is 3. The molecule has 4 aromatic rings. The van der Waals surface area contributed by atoms with E-state index >= 15 is 0 Å². The molecule has 1 aromatic heterocycles. The van der Waals surface area contributed by atoms with Gasteiger partial charge in [-0.3, -0.25) is 9.36 Å². The molecule has 0 bridgehead atoms. The number of ether oxygens (including phenoxy) is 5. The van der Waals surface area contributed by atoms with E-state index in [1.807, 2.05) is 24.3 Å². The zero-order valence-electron chi connectivity index (χ0n) is 27.9. The van der Waals surface area contributed by atoms with Gasteiger partial charge in [-0.2, -0.15) is 0 Å². The summed E-state index contributed by atoms with van der Waals surface area (Å²) in [5.41, 5.74) is 1.88. The Bertz CT molecular complexity index is 1800. The molecule has 13 heteroatoms. The van der Waals surface area contributed by atoms with Gasteiger partial charge in [-0.15, -0.1) is 0 Å². The maximum absolute atomic E-state index is 13.2. The summed E-state index contributed by atoms with van der Waals surface area (Å²) in [6, 6.07) is 18.0. The second-order valence-corrected chi connectivity index (χ2v) is 11.8. The fraction of sp³-hybridized carbons (Fsp3) is 0.278. The number of para-hydroxylation sites is 1. The maximum Gasteiger partial charge on any atom is 0.513 e. The van der Waals surface area contributed by atoms with Crippen LogP contribution in [0.25, 0.3) is 23.1 Å². The van der Waals surface area contributed by atoms with Crippen molar-refractivity contribution in [2.75, 3.05) is 27.4 Å². The van der Waals surface area contributed by atoms with Crippen LogP contribution in [0, 0.1) is 0 Å². The summed E-state index contributed by atoms with van der Waals surface area (Å²) >= 11 is 0. The summed E-state index contributed by atoms with van der Waals surface area (Å²) in [6.07, 6.45) is 2.17. The van der Waals surface area contributed by atoms with Crippen LogP contribution in [0.2, 0.25) is 0 Å². The number of methoxy groups -OCH3 is 2. The smallest absolute Gasteiger partial charge is 0.497 e. The topological polar surface area (TPSA) is 164 Å². The predicted molar refractivity (Wildman–Crippen MR) is 182 cm³/mol. The average molecular weight is 674 g/mol. The Labute approximate surface area is 283 Å². The zero-order valence-corrected chi connectivity index (χ0v) is 27.9. The molecule has 1 heterocycles. The molecule has 0 aliphatic heterocycles. The lowest BCUT2D eigenvalue weighted by Gasteiger charge is -2.23. The first-order valence-electron chi connectivity index (χ1n) is 15.3. The first kappa shape index (κ1) is 35.9. The second-order valence-electron chi connectivity index (χ2n) is 11.8. The van der Waals surface area contributed by atoms with Crippen LogP contribution < -0.4 is 24.8 Å². The normalized spacial score (nSPS) is 11.9. The zero-order chi connectivity index (χ0) is 35.6. The lowest BCUT2D eigenvalue weighted by molar-refractivity contribution is -0.123. The third-order valence-corrected chi connectivity index (χ3v) is 6.98. The first-order chi connectivity index (χ1) is 23.3. The third kappa shape index (κ3) is 10.5. The van der Waals surface area contributed by atoms with E-state index in [4.69, 9.17) is 23.7 Å². The van der Waals surface area contributed by atoms with Gasteiger partial charge >= 0.3 is 18.3 Å². The molecule has 0 saturated heterocycles. The molecule has 0 aliphatic carbocycles. The Morgan fingerprint density at radius 1 is 0.878 bits per heavy atom. The molecular formula is C36H39N3O10. The molecule has 258 valence electrons. The molecule has 3 aromatic carbocycles. The summed E-state index contributed by atoms with van der Waals surface area (Å²) in [7, 11) is 3.16.